The molecule has 3 heterocycles. The minimum atomic E-state index is -0.741. The number of ether oxygens (including phenoxy) is 4. The zero-order chi connectivity index (χ0) is 43.1. The van der Waals surface area contributed by atoms with Crippen LogP contribution in [0.2, 0.25) is 0 Å². The summed E-state index contributed by atoms with van der Waals surface area (Å²) in [7, 11) is 0. The Labute approximate surface area is 353 Å². The number of aliphatic imine (C=N–C) groups is 2. The van der Waals surface area contributed by atoms with Gasteiger partial charge in [0.1, 0.15) is 24.9 Å². The van der Waals surface area contributed by atoms with Gasteiger partial charge < -0.3 is 72.1 Å². The van der Waals surface area contributed by atoms with Gasteiger partial charge in [0.25, 0.3) is 0 Å². The number of piperazine rings is 2. The van der Waals surface area contributed by atoms with Crippen LogP contribution >= 0.6 is 0 Å². The Balaban J connectivity index is 0.957. The van der Waals surface area contributed by atoms with E-state index in [1.807, 2.05) is 54.6 Å². The van der Waals surface area contributed by atoms with Crippen molar-refractivity contribution in [1.29, 1.82) is 0 Å². The van der Waals surface area contributed by atoms with E-state index >= 15 is 0 Å². The Morgan fingerprint density at radius 3 is 1.59 bits per heavy atom. The van der Waals surface area contributed by atoms with E-state index in [4.69, 9.17) is 41.9 Å². The molecule has 3 aliphatic heterocycles. The fraction of sp³-hybridized carbons (Fsp3) is 0.415. The van der Waals surface area contributed by atoms with Crippen LogP contribution in [-0.2, 0) is 38.6 Å². The summed E-state index contributed by atoms with van der Waals surface area (Å²) in [5.74, 6) is -0.0717. The summed E-state index contributed by atoms with van der Waals surface area (Å²) in [4.78, 5) is 66.9. The van der Waals surface area contributed by atoms with E-state index in [0.717, 1.165) is 16.7 Å². The number of benzene rings is 3. The fourth-order valence-corrected chi connectivity index (χ4v) is 6.97. The van der Waals surface area contributed by atoms with Gasteiger partial charge in [-0.25, -0.2) is 29.2 Å². The number of nitrogens with one attached hydrogen (secondary N) is 2. The average molecular weight is 843 g/mol. The Hall–Kier alpha value is -6.80. The van der Waals surface area contributed by atoms with Gasteiger partial charge in [0.2, 0.25) is 0 Å². The van der Waals surface area contributed by atoms with Gasteiger partial charge in [0, 0.05) is 71.9 Å². The minimum Gasteiger partial charge on any atom is -0.447 e. The molecular formula is C41H54N12O8. The molecule has 3 aromatic rings. The number of urea groups is 2. The lowest BCUT2D eigenvalue weighted by Gasteiger charge is -2.39. The van der Waals surface area contributed by atoms with E-state index in [0.29, 0.717) is 57.1 Å². The first-order valence-electron chi connectivity index (χ1n) is 20.1. The summed E-state index contributed by atoms with van der Waals surface area (Å²) in [6, 6.07) is 23.4. The zero-order valence-electron chi connectivity index (χ0n) is 33.9. The monoisotopic (exact) mass is 842 g/mol. The zero-order valence-corrected chi connectivity index (χ0v) is 33.9. The molecular weight excluding hydrogens is 789 g/mol. The molecule has 0 bridgehead atoms. The number of hydrogen-bond acceptors (Lipinski definition) is 10. The standard InChI is InChI=1S/C41H54N12O8/c42-36(43)48-31-10-6-28(7-11-31)24-46-38(54)50-15-19-52(20-16-50)40(56)60-27-34-35(59-26-30-4-2-1-3-5-30)33(14-23-58-34)61-41(57)53-21-17-51(18-22-53)39(55)47-25-29-8-12-32(13-9-29)49-37(44)45/h1-13,33-35H,14-27H2,(H,46,54)(H,47,55)(H4,42,43,48)(H4,44,45,49)/t33-,34-,35+/m1/s1. The number of carbonyl (C=O) groups is 4. The van der Waals surface area contributed by atoms with E-state index in [2.05, 4.69) is 20.6 Å². The molecule has 3 atom stereocenters. The molecule has 3 aliphatic rings. The molecule has 10 N–H and O–H groups in total. The molecule has 3 fully saturated rings. The number of guanidine groups is 2. The number of hydrogen-bond donors (Lipinski definition) is 6. The van der Waals surface area contributed by atoms with Crippen LogP contribution in [0.3, 0.4) is 0 Å². The lowest BCUT2D eigenvalue weighted by atomic mass is 10.0. The quantitative estimate of drug-likeness (QED) is 0.113. The van der Waals surface area contributed by atoms with Crippen LogP contribution in [-0.4, -0.2) is 140 Å². The Morgan fingerprint density at radius 2 is 1.10 bits per heavy atom. The van der Waals surface area contributed by atoms with Crippen LogP contribution < -0.4 is 33.6 Å². The first-order chi connectivity index (χ1) is 29.5. The second-order valence-corrected chi connectivity index (χ2v) is 14.6. The highest BCUT2D eigenvalue weighted by Crippen LogP contribution is 2.25. The molecule has 326 valence electrons. The molecule has 0 aliphatic carbocycles. The molecule has 0 unspecified atom stereocenters. The number of nitrogens with zero attached hydrogens (tertiary/aromatic N) is 6. The lowest BCUT2D eigenvalue weighted by Crippen LogP contribution is -2.56. The molecule has 20 heteroatoms. The number of carbonyl (C=O) groups excluding carboxylic acids is 4. The van der Waals surface area contributed by atoms with Gasteiger partial charge in [-0.1, -0.05) is 54.6 Å². The SMILES string of the molecule is NC(N)=Nc1ccc(CNC(=O)N2CCN(C(=O)OC[C@H]3OCC[C@@H](OC(=O)N4CCN(C(=O)NCc5ccc(N=C(N)N)cc5)CC4)[C@@H]3OCc3ccccc3)CC2)cc1. The average Bonchev–Trinajstić information content (AvgIpc) is 3.27. The molecule has 0 spiro atoms. The maximum absolute atomic E-state index is 13.5. The smallest absolute Gasteiger partial charge is 0.410 e. The number of nitrogens with two attached hydrogens (primary N) is 4. The third kappa shape index (κ3) is 13.1. The Morgan fingerprint density at radius 1 is 0.623 bits per heavy atom. The maximum atomic E-state index is 13.5. The maximum Gasteiger partial charge on any atom is 0.410 e. The summed E-state index contributed by atoms with van der Waals surface area (Å²) in [5, 5.41) is 5.81. The van der Waals surface area contributed by atoms with Gasteiger partial charge in [0.15, 0.2) is 11.9 Å². The fourth-order valence-electron chi connectivity index (χ4n) is 6.97. The van der Waals surface area contributed by atoms with Crippen LogP contribution in [0.4, 0.5) is 30.6 Å². The highest BCUT2D eigenvalue weighted by molar-refractivity contribution is 5.79. The summed E-state index contributed by atoms with van der Waals surface area (Å²) in [6.45, 7) is 3.37. The molecule has 61 heavy (non-hydrogen) atoms. The van der Waals surface area contributed by atoms with Gasteiger partial charge in [-0.3, -0.25) is 0 Å². The molecule has 3 aromatic carbocycles. The van der Waals surface area contributed by atoms with Crippen LogP contribution in [0.25, 0.3) is 0 Å². The van der Waals surface area contributed by atoms with Crippen molar-refractivity contribution in [1.82, 2.24) is 30.2 Å². The molecule has 0 aromatic heterocycles. The van der Waals surface area contributed by atoms with Crippen molar-refractivity contribution >= 4 is 47.5 Å². The van der Waals surface area contributed by atoms with Crippen LogP contribution in [0.15, 0.2) is 88.8 Å². The first-order valence-corrected chi connectivity index (χ1v) is 20.1. The van der Waals surface area contributed by atoms with Crippen LogP contribution in [0.5, 0.6) is 0 Å². The van der Waals surface area contributed by atoms with Crippen molar-refractivity contribution in [2.75, 3.05) is 65.6 Å². The highest BCUT2D eigenvalue weighted by atomic mass is 16.6. The summed E-state index contributed by atoms with van der Waals surface area (Å²) >= 11 is 0. The van der Waals surface area contributed by atoms with E-state index in [9.17, 15) is 19.2 Å². The van der Waals surface area contributed by atoms with Crippen molar-refractivity contribution in [2.45, 2.75) is 44.4 Å². The van der Waals surface area contributed by atoms with Crippen molar-refractivity contribution in [3.05, 3.63) is 95.6 Å². The predicted molar refractivity (Wildman–Crippen MR) is 226 cm³/mol. The lowest BCUT2D eigenvalue weighted by molar-refractivity contribution is -0.178. The minimum absolute atomic E-state index is 0.0358. The molecule has 0 radical (unpaired) electrons. The van der Waals surface area contributed by atoms with Crippen molar-refractivity contribution in [3.63, 3.8) is 0 Å². The van der Waals surface area contributed by atoms with Gasteiger partial charge in [-0.2, -0.15) is 0 Å². The third-order valence-corrected chi connectivity index (χ3v) is 10.3. The topological polar surface area (TPSA) is 271 Å². The number of amides is 6. The number of rotatable bonds is 12. The van der Waals surface area contributed by atoms with Crippen LogP contribution in [0.1, 0.15) is 23.1 Å². The third-order valence-electron chi connectivity index (χ3n) is 10.3. The molecule has 3 saturated heterocycles. The molecule has 6 amide bonds. The first kappa shape index (κ1) is 43.8. The Bertz CT molecular complexity index is 1980. The van der Waals surface area contributed by atoms with E-state index in [1.54, 1.807) is 43.9 Å². The van der Waals surface area contributed by atoms with Gasteiger partial charge >= 0.3 is 24.2 Å². The summed E-state index contributed by atoms with van der Waals surface area (Å²) < 4.78 is 24.2. The van der Waals surface area contributed by atoms with Crippen LogP contribution in [0, 0.1) is 0 Å². The van der Waals surface area contributed by atoms with E-state index in [1.165, 1.54) is 0 Å². The second kappa shape index (κ2) is 21.5. The van der Waals surface area contributed by atoms with E-state index < -0.39 is 30.5 Å². The summed E-state index contributed by atoms with van der Waals surface area (Å²) in [6.07, 6.45) is -2.85. The normalized spacial score (nSPS) is 19.0. The van der Waals surface area contributed by atoms with Crippen molar-refractivity contribution < 1.29 is 38.1 Å². The molecule has 0 saturated carbocycles. The molecule has 6 rings (SSSR count). The van der Waals surface area contributed by atoms with Gasteiger partial charge in [-0.05, 0) is 41.0 Å². The van der Waals surface area contributed by atoms with Gasteiger partial charge in [0.05, 0.1) is 24.6 Å². The summed E-state index contributed by atoms with van der Waals surface area (Å²) in [5.41, 5.74) is 25.6. The highest BCUT2D eigenvalue weighted by Gasteiger charge is 2.40. The van der Waals surface area contributed by atoms with Crippen molar-refractivity contribution in [2.24, 2.45) is 32.9 Å². The largest absolute Gasteiger partial charge is 0.447 e. The Kier molecular flexibility index (Phi) is 15.4. The predicted octanol–water partition coefficient (Wildman–Crippen LogP) is 1.87. The molecule has 20 nitrogen and oxygen atoms in total. The second-order valence-electron chi connectivity index (χ2n) is 14.6. The van der Waals surface area contributed by atoms with Crippen molar-refractivity contribution in [3.8, 4) is 0 Å². The van der Waals surface area contributed by atoms with E-state index in [-0.39, 0.29) is 70.0 Å². The van der Waals surface area contributed by atoms with Gasteiger partial charge in [-0.15, -0.1) is 0 Å².